The SMILES string of the molecule is Nc1ccc(S(=O)(=O)Nc2ccc(S(=O)(=O)O)c(N)c2)cc1. The molecule has 0 fully saturated rings. The first-order valence-corrected chi connectivity index (χ1v) is 8.77. The lowest BCUT2D eigenvalue weighted by Crippen LogP contribution is -2.13. The standard InChI is InChI=1S/C12H13N3O5S2/c13-8-1-4-10(5-2-8)21(16,17)15-9-3-6-12(11(14)7-9)22(18,19)20/h1-7,15H,13-14H2,(H,18,19,20). The Hall–Kier alpha value is -2.30. The van der Waals surface area contributed by atoms with Crippen molar-refractivity contribution < 1.29 is 21.4 Å². The van der Waals surface area contributed by atoms with Crippen LogP contribution in [0.25, 0.3) is 0 Å². The zero-order valence-electron chi connectivity index (χ0n) is 11.1. The number of anilines is 3. The maximum absolute atomic E-state index is 12.1. The van der Waals surface area contributed by atoms with E-state index in [1.54, 1.807) is 0 Å². The molecule has 0 saturated carbocycles. The molecule has 118 valence electrons. The first kappa shape index (κ1) is 16.1. The van der Waals surface area contributed by atoms with E-state index in [1.807, 2.05) is 0 Å². The summed E-state index contributed by atoms with van der Waals surface area (Å²) in [6, 6.07) is 8.80. The van der Waals surface area contributed by atoms with Crippen molar-refractivity contribution in [3.63, 3.8) is 0 Å². The monoisotopic (exact) mass is 343 g/mol. The summed E-state index contributed by atoms with van der Waals surface area (Å²) in [5, 5.41) is 0. The topological polar surface area (TPSA) is 153 Å². The van der Waals surface area contributed by atoms with E-state index >= 15 is 0 Å². The van der Waals surface area contributed by atoms with Gasteiger partial charge in [-0.3, -0.25) is 9.27 Å². The molecule has 0 aliphatic rings. The van der Waals surface area contributed by atoms with Crippen molar-refractivity contribution in [3.8, 4) is 0 Å². The zero-order chi connectivity index (χ0) is 16.5. The molecule has 2 aromatic carbocycles. The minimum absolute atomic E-state index is 0.0147. The van der Waals surface area contributed by atoms with Crippen LogP contribution in [0.3, 0.4) is 0 Å². The molecule has 0 saturated heterocycles. The van der Waals surface area contributed by atoms with Crippen molar-refractivity contribution in [1.29, 1.82) is 0 Å². The fraction of sp³-hybridized carbons (Fsp3) is 0. The normalized spacial score (nSPS) is 12.0. The van der Waals surface area contributed by atoms with Gasteiger partial charge in [-0.15, -0.1) is 0 Å². The Morgan fingerprint density at radius 1 is 0.909 bits per heavy atom. The van der Waals surface area contributed by atoms with Crippen molar-refractivity contribution in [2.24, 2.45) is 0 Å². The van der Waals surface area contributed by atoms with E-state index in [-0.39, 0.29) is 16.3 Å². The molecule has 6 N–H and O–H groups in total. The fourth-order valence-electron chi connectivity index (χ4n) is 1.71. The molecule has 8 nitrogen and oxygen atoms in total. The fourth-order valence-corrected chi connectivity index (χ4v) is 3.35. The van der Waals surface area contributed by atoms with Gasteiger partial charge >= 0.3 is 0 Å². The van der Waals surface area contributed by atoms with Crippen LogP contribution in [0, 0.1) is 0 Å². The molecule has 2 aromatic rings. The second kappa shape index (κ2) is 5.48. The summed E-state index contributed by atoms with van der Waals surface area (Å²) >= 11 is 0. The van der Waals surface area contributed by atoms with Crippen LogP contribution >= 0.6 is 0 Å². The van der Waals surface area contributed by atoms with E-state index in [1.165, 1.54) is 30.3 Å². The predicted molar refractivity (Wildman–Crippen MR) is 82.3 cm³/mol. The Kier molecular flexibility index (Phi) is 4.00. The lowest BCUT2D eigenvalue weighted by atomic mass is 10.3. The largest absolute Gasteiger partial charge is 0.399 e. The molecule has 0 heterocycles. The molecule has 0 aliphatic carbocycles. The number of hydrogen-bond acceptors (Lipinski definition) is 6. The van der Waals surface area contributed by atoms with Crippen LogP contribution < -0.4 is 16.2 Å². The molecule has 0 aliphatic heterocycles. The molecule has 2 rings (SSSR count). The number of benzene rings is 2. The number of rotatable bonds is 4. The Labute approximate surface area is 127 Å². The highest BCUT2D eigenvalue weighted by atomic mass is 32.2. The Balaban J connectivity index is 2.35. The summed E-state index contributed by atoms with van der Waals surface area (Å²) in [6.07, 6.45) is 0. The maximum atomic E-state index is 12.1. The van der Waals surface area contributed by atoms with Gasteiger partial charge < -0.3 is 11.5 Å². The number of sulfonamides is 1. The zero-order valence-corrected chi connectivity index (χ0v) is 12.7. The molecule has 0 radical (unpaired) electrons. The highest BCUT2D eigenvalue weighted by Gasteiger charge is 2.17. The van der Waals surface area contributed by atoms with Gasteiger partial charge in [-0.05, 0) is 42.5 Å². The van der Waals surface area contributed by atoms with Crippen molar-refractivity contribution in [1.82, 2.24) is 0 Å². The second-order valence-electron chi connectivity index (χ2n) is 4.40. The minimum Gasteiger partial charge on any atom is -0.399 e. The van der Waals surface area contributed by atoms with E-state index < -0.39 is 25.0 Å². The third-order valence-corrected chi connectivity index (χ3v) is 5.06. The Bertz CT molecular complexity index is 906. The van der Waals surface area contributed by atoms with Crippen LogP contribution in [0.4, 0.5) is 17.1 Å². The third-order valence-electron chi connectivity index (χ3n) is 2.73. The van der Waals surface area contributed by atoms with Crippen molar-refractivity contribution in [2.45, 2.75) is 9.79 Å². The van der Waals surface area contributed by atoms with Crippen LogP contribution in [0.2, 0.25) is 0 Å². The molecule has 10 heteroatoms. The van der Waals surface area contributed by atoms with Crippen LogP contribution in [0.1, 0.15) is 0 Å². The highest BCUT2D eigenvalue weighted by molar-refractivity contribution is 7.92. The van der Waals surface area contributed by atoms with Gasteiger partial charge in [0.1, 0.15) is 4.90 Å². The summed E-state index contributed by atoms with van der Waals surface area (Å²) in [6.45, 7) is 0. The molecule has 0 atom stereocenters. The average Bonchev–Trinajstić information content (AvgIpc) is 2.37. The summed E-state index contributed by atoms with van der Waals surface area (Å²) in [4.78, 5) is -0.512. The van der Waals surface area contributed by atoms with Crippen LogP contribution in [0.5, 0.6) is 0 Å². The number of nitrogens with two attached hydrogens (primary N) is 2. The molecule has 0 spiro atoms. The number of hydrogen-bond donors (Lipinski definition) is 4. The van der Waals surface area contributed by atoms with Crippen molar-refractivity contribution >= 4 is 37.2 Å². The lowest BCUT2D eigenvalue weighted by Gasteiger charge is -2.10. The molecule has 0 aromatic heterocycles. The van der Waals surface area contributed by atoms with Gasteiger partial charge in [-0.1, -0.05) is 0 Å². The van der Waals surface area contributed by atoms with Gasteiger partial charge in [0.25, 0.3) is 20.1 Å². The molecular formula is C12H13N3O5S2. The lowest BCUT2D eigenvalue weighted by molar-refractivity contribution is 0.483. The number of nitrogen functional groups attached to an aromatic ring is 2. The maximum Gasteiger partial charge on any atom is 0.296 e. The van der Waals surface area contributed by atoms with E-state index in [0.717, 1.165) is 12.1 Å². The molecular weight excluding hydrogens is 330 g/mol. The third kappa shape index (κ3) is 3.47. The Morgan fingerprint density at radius 3 is 2.00 bits per heavy atom. The predicted octanol–water partition coefficient (Wildman–Crippen LogP) is 0.898. The summed E-state index contributed by atoms with van der Waals surface area (Å²) < 4.78 is 57.5. The van der Waals surface area contributed by atoms with E-state index in [9.17, 15) is 16.8 Å². The van der Waals surface area contributed by atoms with E-state index in [4.69, 9.17) is 16.0 Å². The first-order chi connectivity index (χ1) is 10.1. The van der Waals surface area contributed by atoms with Crippen LogP contribution in [0.15, 0.2) is 52.3 Å². The van der Waals surface area contributed by atoms with Gasteiger partial charge in [-0.2, -0.15) is 8.42 Å². The molecule has 0 unspecified atom stereocenters. The van der Waals surface area contributed by atoms with Gasteiger partial charge in [0, 0.05) is 5.69 Å². The average molecular weight is 343 g/mol. The minimum atomic E-state index is -4.47. The summed E-state index contributed by atoms with van der Waals surface area (Å²) in [5.74, 6) is 0. The Morgan fingerprint density at radius 2 is 1.50 bits per heavy atom. The number of nitrogens with one attached hydrogen (secondary N) is 1. The smallest absolute Gasteiger partial charge is 0.296 e. The quantitative estimate of drug-likeness (QED) is 0.475. The molecule has 0 amide bonds. The highest BCUT2D eigenvalue weighted by Crippen LogP contribution is 2.24. The second-order valence-corrected chi connectivity index (χ2v) is 7.47. The van der Waals surface area contributed by atoms with Crippen molar-refractivity contribution in [3.05, 3.63) is 42.5 Å². The summed E-state index contributed by atoms with van der Waals surface area (Å²) in [7, 11) is -8.34. The van der Waals surface area contributed by atoms with Gasteiger partial charge in [-0.25, -0.2) is 8.42 Å². The first-order valence-electron chi connectivity index (χ1n) is 5.85. The molecule has 0 bridgehead atoms. The molecule has 22 heavy (non-hydrogen) atoms. The van der Waals surface area contributed by atoms with Crippen LogP contribution in [-0.2, 0) is 20.1 Å². The summed E-state index contributed by atoms with van der Waals surface area (Å²) in [5.41, 5.74) is 11.2. The van der Waals surface area contributed by atoms with Gasteiger partial charge in [0.2, 0.25) is 0 Å². The van der Waals surface area contributed by atoms with E-state index in [2.05, 4.69) is 4.72 Å². The van der Waals surface area contributed by atoms with Gasteiger partial charge in [0.05, 0.1) is 16.3 Å². The van der Waals surface area contributed by atoms with E-state index in [0.29, 0.717) is 5.69 Å². The van der Waals surface area contributed by atoms with Crippen molar-refractivity contribution in [2.75, 3.05) is 16.2 Å². The van der Waals surface area contributed by atoms with Gasteiger partial charge in [0.15, 0.2) is 0 Å². The van der Waals surface area contributed by atoms with Crippen LogP contribution in [-0.4, -0.2) is 21.4 Å².